The van der Waals surface area contributed by atoms with Crippen LogP contribution < -0.4 is 5.32 Å². The van der Waals surface area contributed by atoms with Gasteiger partial charge in [0.15, 0.2) is 0 Å². The van der Waals surface area contributed by atoms with Crippen molar-refractivity contribution in [1.82, 2.24) is 9.97 Å². The molecule has 0 aliphatic carbocycles. The summed E-state index contributed by atoms with van der Waals surface area (Å²) in [5, 5.41) is 3.30. The molecule has 0 fully saturated rings. The Morgan fingerprint density at radius 3 is 2.33 bits per heavy atom. The minimum absolute atomic E-state index is 0.554. The van der Waals surface area contributed by atoms with Gasteiger partial charge in [-0.1, -0.05) is 24.3 Å². The Morgan fingerprint density at radius 1 is 1.06 bits per heavy atom. The Bertz CT molecular complexity index is 503. The normalized spacial score (nSPS) is 10.4. The molecule has 0 saturated heterocycles. The van der Waals surface area contributed by atoms with Crippen molar-refractivity contribution in [2.45, 2.75) is 26.3 Å². The van der Waals surface area contributed by atoms with E-state index in [1.165, 1.54) is 5.56 Å². The van der Waals surface area contributed by atoms with Crippen molar-refractivity contribution in [3.05, 3.63) is 53.0 Å². The second kappa shape index (κ2) is 5.83. The van der Waals surface area contributed by atoms with Gasteiger partial charge in [-0.15, -0.1) is 11.6 Å². The van der Waals surface area contributed by atoms with E-state index in [1.54, 1.807) is 0 Å². The van der Waals surface area contributed by atoms with E-state index in [9.17, 15) is 0 Å². The smallest absolute Gasteiger partial charge is 0.130 e. The third-order valence-corrected chi connectivity index (χ3v) is 2.93. The summed E-state index contributed by atoms with van der Waals surface area (Å²) in [4.78, 5) is 8.59. The third-order valence-electron chi connectivity index (χ3n) is 2.62. The van der Waals surface area contributed by atoms with Gasteiger partial charge in [0.05, 0.1) is 0 Å². The molecule has 0 unspecified atom stereocenters. The fourth-order valence-corrected chi connectivity index (χ4v) is 1.92. The fraction of sp³-hybridized carbons (Fsp3) is 0.286. The van der Waals surface area contributed by atoms with Crippen LogP contribution in [0.1, 0.15) is 22.6 Å². The van der Waals surface area contributed by atoms with Crippen LogP contribution in [0.2, 0.25) is 0 Å². The Balaban J connectivity index is 2.01. The predicted molar refractivity (Wildman–Crippen MR) is 74.8 cm³/mol. The maximum atomic E-state index is 5.75. The van der Waals surface area contributed by atoms with Gasteiger partial charge >= 0.3 is 0 Å². The molecule has 0 bridgehead atoms. The van der Waals surface area contributed by atoms with Crippen molar-refractivity contribution in [1.29, 1.82) is 0 Å². The summed E-state index contributed by atoms with van der Waals surface area (Å²) >= 11 is 5.75. The molecule has 0 atom stereocenters. The number of rotatable bonds is 4. The SMILES string of the molecule is Cc1cc(NCc2ccc(CCl)cc2)nc(C)n1. The monoisotopic (exact) mass is 261 g/mol. The lowest BCUT2D eigenvalue weighted by Gasteiger charge is -2.07. The van der Waals surface area contributed by atoms with Crippen LogP contribution in [0.15, 0.2) is 30.3 Å². The number of nitrogens with one attached hydrogen (secondary N) is 1. The number of aryl methyl sites for hydroxylation is 2. The quantitative estimate of drug-likeness (QED) is 0.857. The van der Waals surface area contributed by atoms with E-state index < -0.39 is 0 Å². The summed E-state index contributed by atoms with van der Waals surface area (Å²) in [7, 11) is 0. The summed E-state index contributed by atoms with van der Waals surface area (Å²) in [6.45, 7) is 4.61. The summed E-state index contributed by atoms with van der Waals surface area (Å²) < 4.78 is 0. The zero-order valence-electron chi connectivity index (χ0n) is 10.6. The number of nitrogens with zero attached hydrogens (tertiary/aromatic N) is 2. The lowest BCUT2D eigenvalue weighted by molar-refractivity contribution is 0.991. The molecule has 0 radical (unpaired) electrons. The fourth-order valence-electron chi connectivity index (χ4n) is 1.75. The Hall–Kier alpha value is -1.61. The second-order valence-corrected chi connectivity index (χ2v) is 4.51. The first-order valence-electron chi connectivity index (χ1n) is 5.87. The molecule has 1 aromatic heterocycles. The molecule has 4 heteroatoms. The highest BCUT2D eigenvalue weighted by Gasteiger charge is 1.99. The Kier molecular flexibility index (Phi) is 4.15. The predicted octanol–water partition coefficient (Wildman–Crippen LogP) is 3.44. The topological polar surface area (TPSA) is 37.8 Å². The Morgan fingerprint density at radius 2 is 1.72 bits per heavy atom. The van der Waals surface area contributed by atoms with Gasteiger partial charge in [0.25, 0.3) is 0 Å². The zero-order chi connectivity index (χ0) is 13.0. The van der Waals surface area contributed by atoms with E-state index in [2.05, 4.69) is 27.4 Å². The van der Waals surface area contributed by atoms with Crippen LogP contribution in [0, 0.1) is 13.8 Å². The summed E-state index contributed by atoms with van der Waals surface area (Å²) in [5.41, 5.74) is 3.31. The van der Waals surface area contributed by atoms with Gasteiger partial charge in [-0.3, -0.25) is 0 Å². The minimum atomic E-state index is 0.554. The van der Waals surface area contributed by atoms with Crippen molar-refractivity contribution in [3.8, 4) is 0 Å². The number of halogens is 1. The highest BCUT2D eigenvalue weighted by atomic mass is 35.5. The summed E-state index contributed by atoms with van der Waals surface area (Å²) in [5.74, 6) is 2.20. The molecule has 1 N–H and O–H groups in total. The van der Waals surface area contributed by atoms with Crippen LogP contribution >= 0.6 is 11.6 Å². The zero-order valence-corrected chi connectivity index (χ0v) is 11.3. The van der Waals surface area contributed by atoms with Crippen LogP contribution in [-0.2, 0) is 12.4 Å². The van der Waals surface area contributed by atoms with Crippen molar-refractivity contribution in [2.24, 2.45) is 0 Å². The maximum Gasteiger partial charge on any atom is 0.130 e. The second-order valence-electron chi connectivity index (χ2n) is 4.25. The lowest BCUT2D eigenvalue weighted by Crippen LogP contribution is -2.03. The van der Waals surface area contributed by atoms with E-state index >= 15 is 0 Å². The van der Waals surface area contributed by atoms with Gasteiger partial charge in [0.2, 0.25) is 0 Å². The van der Waals surface area contributed by atoms with Crippen molar-refractivity contribution < 1.29 is 0 Å². The molecule has 0 aliphatic rings. The highest BCUT2D eigenvalue weighted by molar-refractivity contribution is 6.17. The molecular formula is C14H16ClN3. The van der Waals surface area contributed by atoms with Gasteiger partial charge in [-0.25, -0.2) is 9.97 Å². The molecule has 0 amide bonds. The van der Waals surface area contributed by atoms with Crippen LogP contribution in [0.3, 0.4) is 0 Å². The molecule has 2 aromatic rings. The van der Waals surface area contributed by atoms with Gasteiger partial charge in [0, 0.05) is 24.2 Å². The molecule has 3 nitrogen and oxygen atoms in total. The van der Waals surface area contributed by atoms with Crippen LogP contribution in [0.25, 0.3) is 0 Å². The van der Waals surface area contributed by atoms with Gasteiger partial charge in [-0.2, -0.15) is 0 Å². The average Bonchev–Trinajstić information content (AvgIpc) is 2.36. The van der Waals surface area contributed by atoms with Crippen molar-refractivity contribution >= 4 is 17.4 Å². The lowest BCUT2D eigenvalue weighted by atomic mass is 10.1. The molecule has 0 aliphatic heterocycles. The van der Waals surface area contributed by atoms with E-state index in [-0.39, 0.29) is 0 Å². The van der Waals surface area contributed by atoms with E-state index in [0.717, 1.165) is 29.4 Å². The minimum Gasteiger partial charge on any atom is -0.366 e. The largest absolute Gasteiger partial charge is 0.366 e. The van der Waals surface area contributed by atoms with Gasteiger partial charge < -0.3 is 5.32 Å². The first-order chi connectivity index (χ1) is 8.67. The van der Waals surface area contributed by atoms with Crippen LogP contribution in [0.5, 0.6) is 0 Å². The van der Waals surface area contributed by atoms with Gasteiger partial charge in [0.1, 0.15) is 11.6 Å². The molecule has 94 valence electrons. The van der Waals surface area contributed by atoms with Gasteiger partial charge in [-0.05, 0) is 25.0 Å². The molecule has 0 spiro atoms. The van der Waals surface area contributed by atoms with Crippen LogP contribution in [0.4, 0.5) is 5.82 Å². The van der Waals surface area contributed by atoms with Crippen molar-refractivity contribution in [3.63, 3.8) is 0 Å². The van der Waals surface area contributed by atoms with Crippen molar-refractivity contribution in [2.75, 3.05) is 5.32 Å². The number of aromatic nitrogens is 2. The first kappa shape index (κ1) is 12.8. The first-order valence-corrected chi connectivity index (χ1v) is 6.41. The molecule has 0 saturated carbocycles. The molecule has 1 heterocycles. The number of anilines is 1. The third kappa shape index (κ3) is 3.44. The number of hydrogen-bond acceptors (Lipinski definition) is 3. The molecular weight excluding hydrogens is 246 g/mol. The number of alkyl halides is 1. The average molecular weight is 262 g/mol. The summed E-state index contributed by atoms with van der Waals surface area (Å²) in [6.07, 6.45) is 0. The Labute approximate surface area is 112 Å². The van der Waals surface area contributed by atoms with E-state index in [4.69, 9.17) is 11.6 Å². The van der Waals surface area contributed by atoms with E-state index in [0.29, 0.717) is 5.88 Å². The highest BCUT2D eigenvalue weighted by Crippen LogP contribution is 2.10. The van der Waals surface area contributed by atoms with Crippen LogP contribution in [-0.4, -0.2) is 9.97 Å². The number of benzene rings is 1. The molecule has 18 heavy (non-hydrogen) atoms. The standard InChI is InChI=1S/C14H16ClN3/c1-10-7-14(18-11(2)17-10)16-9-13-5-3-12(8-15)4-6-13/h3-7H,8-9H2,1-2H3,(H,16,17,18). The molecule has 2 rings (SSSR count). The molecule has 1 aromatic carbocycles. The summed E-state index contributed by atoms with van der Waals surface area (Å²) in [6, 6.07) is 10.2. The maximum absolute atomic E-state index is 5.75. The number of hydrogen-bond donors (Lipinski definition) is 1. The van der Waals surface area contributed by atoms with E-state index in [1.807, 2.05) is 32.0 Å².